The molecule has 1 N–H and O–H groups in total. The van der Waals surface area contributed by atoms with Gasteiger partial charge in [-0.25, -0.2) is 0 Å². The molecule has 0 radical (unpaired) electrons. The van der Waals surface area contributed by atoms with E-state index in [2.05, 4.69) is 20.2 Å². The number of nitrogens with zero attached hydrogens (tertiary/aromatic N) is 3. The molecule has 138 valence electrons. The number of rotatable bonds is 7. The molecule has 0 saturated carbocycles. The summed E-state index contributed by atoms with van der Waals surface area (Å²) in [7, 11) is 0. The van der Waals surface area contributed by atoms with Crippen LogP contribution in [0.4, 0.5) is 0 Å². The summed E-state index contributed by atoms with van der Waals surface area (Å²) in [6, 6.07) is 19.7. The van der Waals surface area contributed by atoms with Crippen LogP contribution in [0.2, 0.25) is 5.02 Å². The Hall–Kier alpha value is -2.50. The SMILES string of the molecule is S=C(NCCc1ccc(Cl)cc1)N(Cc1ccccn1)Cc1ccccn1. The maximum atomic E-state index is 5.94. The van der Waals surface area contributed by atoms with Gasteiger partial charge in [0.05, 0.1) is 24.5 Å². The molecule has 3 rings (SSSR count). The number of hydrogen-bond acceptors (Lipinski definition) is 3. The fraction of sp³-hybridized carbons (Fsp3) is 0.190. The highest BCUT2D eigenvalue weighted by atomic mass is 35.5. The second kappa shape index (κ2) is 10.00. The van der Waals surface area contributed by atoms with Crippen molar-refractivity contribution in [3.05, 3.63) is 95.0 Å². The molecule has 2 aromatic heterocycles. The maximum absolute atomic E-state index is 5.94. The Morgan fingerprint density at radius 1 is 0.889 bits per heavy atom. The van der Waals surface area contributed by atoms with Gasteiger partial charge in [0.25, 0.3) is 0 Å². The van der Waals surface area contributed by atoms with Crippen LogP contribution in [0.15, 0.2) is 73.1 Å². The third-order valence-electron chi connectivity index (χ3n) is 4.05. The Kier molecular flexibility index (Phi) is 7.13. The van der Waals surface area contributed by atoms with Crippen LogP contribution in [-0.2, 0) is 19.5 Å². The van der Waals surface area contributed by atoms with E-state index in [9.17, 15) is 0 Å². The smallest absolute Gasteiger partial charge is 0.169 e. The van der Waals surface area contributed by atoms with Crippen molar-refractivity contribution in [1.82, 2.24) is 20.2 Å². The first-order valence-corrected chi connectivity index (χ1v) is 9.56. The first-order valence-electron chi connectivity index (χ1n) is 8.78. The van der Waals surface area contributed by atoms with Gasteiger partial charge < -0.3 is 10.2 Å². The maximum Gasteiger partial charge on any atom is 0.169 e. The normalized spacial score (nSPS) is 10.4. The average Bonchev–Trinajstić information content (AvgIpc) is 2.70. The third-order valence-corrected chi connectivity index (χ3v) is 4.70. The van der Waals surface area contributed by atoms with Crippen LogP contribution in [0.1, 0.15) is 17.0 Å². The molecule has 0 spiro atoms. The molecule has 0 saturated heterocycles. The monoisotopic (exact) mass is 396 g/mol. The Labute approximate surface area is 170 Å². The molecule has 0 atom stereocenters. The van der Waals surface area contributed by atoms with E-state index < -0.39 is 0 Å². The molecule has 0 bridgehead atoms. The van der Waals surface area contributed by atoms with Crippen LogP contribution in [0, 0.1) is 0 Å². The van der Waals surface area contributed by atoms with Crippen molar-refractivity contribution in [2.75, 3.05) is 6.54 Å². The van der Waals surface area contributed by atoms with Crippen LogP contribution in [0.3, 0.4) is 0 Å². The average molecular weight is 397 g/mol. The van der Waals surface area contributed by atoms with Crippen molar-refractivity contribution in [2.45, 2.75) is 19.5 Å². The number of thiocarbonyl (C=S) groups is 1. The topological polar surface area (TPSA) is 41.0 Å². The van der Waals surface area contributed by atoms with Crippen LogP contribution in [0.5, 0.6) is 0 Å². The molecule has 0 fully saturated rings. The Balaban J connectivity index is 1.61. The molecule has 1 aromatic carbocycles. The predicted octanol–water partition coefficient (Wildman–Crippen LogP) is 4.25. The molecule has 0 aliphatic carbocycles. The summed E-state index contributed by atoms with van der Waals surface area (Å²) >= 11 is 11.6. The lowest BCUT2D eigenvalue weighted by Crippen LogP contribution is -2.40. The lowest BCUT2D eigenvalue weighted by molar-refractivity contribution is 0.389. The van der Waals surface area contributed by atoms with Crippen LogP contribution >= 0.6 is 23.8 Å². The van der Waals surface area contributed by atoms with Crippen molar-refractivity contribution in [3.8, 4) is 0 Å². The zero-order valence-electron chi connectivity index (χ0n) is 14.9. The summed E-state index contributed by atoms with van der Waals surface area (Å²) in [4.78, 5) is 10.9. The van der Waals surface area contributed by atoms with Gasteiger partial charge in [0.2, 0.25) is 0 Å². The Morgan fingerprint density at radius 2 is 1.48 bits per heavy atom. The molecule has 6 heteroatoms. The van der Waals surface area contributed by atoms with Gasteiger partial charge in [0.1, 0.15) is 0 Å². The van der Waals surface area contributed by atoms with Crippen molar-refractivity contribution in [2.24, 2.45) is 0 Å². The van der Waals surface area contributed by atoms with Gasteiger partial charge in [-0.15, -0.1) is 0 Å². The number of pyridine rings is 2. The van der Waals surface area contributed by atoms with Gasteiger partial charge in [-0.1, -0.05) is 35.9 Å². The van der Waals surface area contributed by atoms with Crippen molar-refractivity contribution >= 4 is 28.9 Å². The summed E-state index contributed by atoms with van der Waals surface area (Å²) < 4.78 is 0. The van der Waals surface area contributed by atoms with Crippen molar-refractivity contribution in [3.63, 3.8) is 0 Å². The van der Waals surface area contributed by atoms with E-state index in [1.807, 2.05) is 60.7 Å². The van der Waals surface area contributed by atoms with Gasteiger partial charge in [-0.05, 0) is 60.6 Å². The summed E-state index contributed by atoms with van der Waals surface area (Å²) in [5, 5.41) is 4.80. The fourth-order valence-electron chi connectivity index (χ4n) is 2.65. The highest BCUT2D eigenvalue weighted by molar-refractivity contribution is 7.80. The molecule has 27 heavy (non-hydrogen) atoms. The second-order valence-electron chi connectivity index (χ2n) is 6.11. The van der Waals surface area contributed by atoms with E-state index in [0.717, 1.165) is 29.4 Å². The summed E-state index contributed by atoms with van der Waals surface area (Å²) in [6.45, 7) is 2.01. The highest BCUT2D eigenvalue weighted by Gasteiger charge is 2.12. The van der Waals surface area contributed by atoms with Crippen LogP contribution < -0.4 is 5.32 Å². The van der Waals surface area contributed by atoms with Crippen LogP contribution in [0.25, 0.3) is 0 Å². The summed E-state index contributed by atoms with van der Waals surface area (Å²) in [5.41, 5.74) is 3.15. The molecule has 2 heterocycles. The van der Waals surface area contributed by atoms with Crippen LogP contribution in [-0.4, -0.2) is 26.5 Å². The van der Waals surface area contributed by atoms with E-state index in [-0.39, 0.29) is 0 Å². The Bertz CT molecular complexity index is 800. The van der Waals surface area contributed by atoms with Gasteiger partial charge in [-0.3, -0.25) is 9.97 Å². The molecule has 0 unspecified atom stereocenters. The lowest BCUT2D eigenvalue weighted by atomic mass is 10.1. The predicted molar refractivity (Wildman–Crippen MR) is 113 cm³/mol. The van der Waals surface area contributed by atoms with E-state index in [4.69, 9.17) is 23.8 Å². The molecular weight excluding hydrogens is 376 g/mol. The quantitative estimate of drug-likeness (QED) is 0.604. The molecule has 3 aromatic rings. The molecule has 0 amide bonds. The number of halogens is 1. The van der Waals surface area contributed by atoms with Crippen molar-refractivity contribution in [1.29, 1.82) is 0 Å². The third kappa shape index (κ3) is 6.31. The first kappa shape index (κ1) is 19.3. The summed E-state index contributed by atoms with van der Waals surface area (Å²) in [5.74, 6) is 0. The van der Waals surface area contributed by atoms with E-state index in [0.29, 0.717) is 18.2 Å². The van der Waals surface area contributed by atoms with Gasteiger partial charge in [0.15, 0.2) is 5.11 Å². The molecular formula is C21H21ClN4S. The van der Waals surface area contributed by atoms with Gasteiger partial charge in [-0.2, -0.15) is 0 Å². The number of nitrogens with one attached hydrogen (secondary N) is 1. The number of benzene rings is 1. The number of aromatic nitrogens is 2. The van der Waals surface area contributed by atoms with E-state index in [1.165, 1.54) is 5.56 Å². The largest absolute Gasteiger partial charge is 0.362 e. The fourth-order valence-corrected chi connectivity index (χ4v) is 3.01. The minimum Gasteiger partial charge on any atom is -0.362 e. The van der Waals surface area contributed by atoms with Crippen molar-refractivity contribution < 1.29 is 0 Å². The summed E-state index contributed by atoms with van der Waals surface area (Å²) in [6.07, 6.45) is 4.47. The first-order chi connectivity index (χ1) is 13.2. The Morgan fingerprint density at radius 3 is 2.00 bits per heavy atom. The lowest BCUT2D eigenvalue weighted by Gasteiger charge is -2.25. The van der Waals surface area contributed by atoms with Gasteiger partial charge in [0, 0.05) is 24.0 Å². The molecule has 0 aliphatic rings. The minimum atomic E-state index is 0.629. The van der Waals surface area contributed by atoms with Gasteiger partial charge >= 0.3 is 0 Å². The zero-order valence-corrected chi connectivity index (χ0v) is 16.5. The minimum absolute atomic E-state index is 0.629. The standard InChI is InChI=1S/C21H21ClN4S/c22-18-9-7-17(8-10-18)11-14-25-21(27)26(15-19-5-1-3-12-23-19)16-20-6-2-4-13-24-20/h1-10,12-13H,11,14-16H2,(H,25,27). The second-order valence-corrected chi connectivity index (χ2v) is 6.93. The number of hydrogen-bond donors (Lipinski definition) is 1. The zero-order chi connectivity index (χ0) is 18.9. The highest BCUT2D eigenvalue weighted by Crippen LogP contribution is 2.10. The van der Waals surface area contributed by atoms with E-state index >= 15 is 0 Å². The molecule has 0 aliphatic heterocycles. The molecule has 4 nitrogen and oxygen atoms in total. The van der Waals surface area contributed by atoms with E-state index in [1.54, 1.807) is 12.4 Å².